The molecule has 0 aromatic heterocycles. The van der Waals surface area contributed by atoms with Crippen LogP contribution < -0.4 is 10.6 Å². The lowest BCUT2D eigenvalue weighted by Crippen LogP contribution is -2.61. The Balaban J connectivity index is 1.07. The van der Waals surface area contributed by atoms with Crippen molar-refractivity contribution in [3.63, 3.8) is 0 Å². The van der Waals surface area contributed by atoms with Gasteiger partial charge in [0.05, 0.1) is 18.8 Å². The molecular formula is C46H71N3O4. The lowest BCUT2D eigenvalue weighted by Gasteiger charge is -2.56. The first-order valence-corrected chi connectivity index (χ1v) is 21.8. The molecule has 2 aromatic carbocycles. The summed E-state index contributed by atoms with van der Waals surface area (Å²) < 4.78 is 13.5. The van der Waals surface area contributed by atoms with Crippen LogP contribution in [0, 0.1) is 17.8 Å². The standard InChI is InChI=1S/C46H71N3O4/c1-3-5-7-9-11-13-23-49(24-14-12-10-8-6-4-2)33-42-28-43(40-19-17-36(34-50)18-20-40)53-44(52-42)41-21-15-35(16-22-41)32-47-45(51)48-46-29-37-25-38(30-46)27-39(26-37)31-46/h15-22,37-39,42-44,50H,3-14,23-34H2,1-2H3,(H2,47,48,51). The quantitative estimate of drug-likeness (QED) is 0.105. The maximum Gasteiger partial charge on any atom is 0.315 e. The molecule has 0 spiro atoms. The Kier molecular flexibility index (Phi) is 15.5. The highest BCUT2D eigenvalue weighted by Gasteiger charge is 2.51. The second-order valence-corrected chi connectivity index (χ2v) is 17.4. The van der Waals surface area contributed by atoms with Crippen molar-refractivity contribution in [2.45, 2.75) is 173 Å². The number of hydrogen-bond donors (Lipinski definition) is 3. The largest absolute Gasteiger partial charge is 0.392 e. The summed E-state index contributed by atoms with van der Waals surface area (Å²) in [7, 11) is 0. The van der Waals surface area contributed by atoms with Crippen LogP contribution in [-0.2, 0) is 22.6 Å². The zero-order chi connectivity index (χ0) is 36.9. The zero-order valence-electron chi connectivity index (χ0n) is 33.2. The van der Waals surface area contributed by atoms with E-state index in [2.05, 4.69) is 65.8 Å². The van der Waals surface area contributed by atoms with Gasteiger partial charge in [-0.1, -0.05) is 127 Å². The second-order valence-electron chi connectivity index (χ2n) is 17.4. The van der Waals surface area contributed by atoms with Gasteiger partial charge in [-0.3, -0.25) is 0 Å². The molecule has 7 heteroatoms. The molecule has 294 valence electrons. The summed E-state index contributed by atoms with van der Waals surface area (Å²) in [5.41, 5.74) is 4.13. The lowest BCUT2D eigenvalue weighted by molar-refractivity contribution is -0.253. The minimum Gasteiger partial charge on any atom is -0.392 e. The summed E-state index contributed by atoms with van der Waals surface area (Å²) in [4.78, 5) is 15.8. The second kappa shape index (κ2) is 20.5. The van der Waals surface area contributed by atoms with Crippen LogP contribution in [0.15, 0.2) is 48.5 Å². The van der Waals surface area contributed by atoms with Crippen LogP contribution in [-0.4, -0.2) is 47.3 Å². The van der Waals surface area contributed by atoms with E-state index < -0.39 is 6.29 Å². The molecule has 1 aliphatic heterocycles. The molecule has 7 nitrogen and oxygen atoms in total. The topological polar surface area (TPSA) is 83.1 Å². The van der Waals surface area contributed by atoms with E-state index in [-0.39, 0.29) is 30.4 Å². The normalized spacial score (nSPS) is 27.7. The van der Waals surface area contributed by atoms with Crippen molar-refractivity contribution in [1.29, 1.82) is 0 Å². The maximum absolute atomic E-state index is 13.1. The molecule has 7 rings (SSSR count). The number of nitrogens with one attached hydrogen (secondary N) is 2. The van der Waals surface area contributed by atoms with Gasteiger partial charge in [0.15, 0.2) is 6.29 Å². The Morgan fingerprint density at radius 1 is 0.698 bits per heavy atom. The maximum atomic E-state index is 13.1. The minimum absolute atomic E-state index is 0.0166. The highest BCUT2D eigenvalue weighted by molar-refractivity contribution is 5.75. The molecule has 1 heterocycles. The fraction of sp³-hybridized carbons (Fsp3) is 0.717. The van der Waals surface area contributed by atoms with Crippen LogP contribution in [0.3, 0.4) is 0 Å². The zero-order valence-corrected chi connectivity index (χ0v) is 33.2. The summed E-state index contributed by atoms with van der Waals surface area (Å²) >= 11 is 0. The van der Waals surface area contributed by atoms with E-state index in [1.807, 2.05) is 12.1 Å². The fourth-order valence-corrected chi connectivity index (χ4v) is 10.4. The number of urea groups is 1. The Hall–Kier alpha value is -2.45. The molecule has 5 fully saturated rings. The van der Waals surface area contributed by atoms with Crippen molar-refractivity contribution in [3.8, 4) is 0 Å². The predicted molar refractivity (Wildman–Crippen MR) is 214 cm³/mol. The van der Waals surface area contributed by atoms with E-state index >= 15 is 0 Å². The van der Waals surface area contributed by atoms with E-state index in [1.165, 1.54) is 96.3 Å². The summed E-state index contributed by atoms with van der Waals surface area (Å²) in [5.74, 6) is 2.42. The van der Waals surface area contributed by atoms with Gasteiger partial charge in [-0.15, -0.1) is 0 Å². The minimum atomic E-state index is -0.470. The Labute approximate surface area is 321 Å². The van der Waals surface area contributed by atoms with Gasteiger partial charge in [-0.05, 0) is 98.9 Å². The van der Waals surface area contributed by atoms with E-state index in [9.17, 15) is 9.90 Å². The van der Waals surface area contributed by atoms with Gasteiger partial charge in [0.25, 0.3) is 0 Å². The van der Waals surface area contributed by atoms with Crippen LogP contribution in [0.1, 0.15) is 170 Å². The Morgan fingerprint density at radius 2 is 1.23 bits per heavy atom. The summed E-state index contributed by atoms with van der Waals surface area (Å²) in [6.07, 6.45) is 23.6. The van der Waals surface area contributed by atoms with Crippen molar-refractivity contribution in [3.05, 3.63) is 70.8 Å². The third-order valence-electron chi connectivity index (χ3n) is 12.9. The van der Waals surface area contributed by atoms with Gasteiger partial charge in [0.1, 0.15) is 0 Å². The fourth-order valence-electron chi connectivity index (χ4n) is 10.4. The van der Waals surface area contributed by atoms with Crippen molar-refractivity contribution in [2.75, 3.05) is 19.6 Å². The van der Waals surface area contributed by atoms with Gasteiger partial charge >= 0.3 is 6.03 Å². The highest BCUT2D eigenvalue weighted by atomic mass is 16.7. The Bertz CT molecular complexity index is 1310. The number of aliphatic hydroxyl groups is 1. The molecule has 3 atom stereocenters. The van der Waals surface area contributed by atoms with Crippen molar-refractivity contribution >= 4 is 6.03 Å². The molecule has 3 N–H and O–H groups in total. The van der Waals surface area contributed by atoms with Gasteiger partial charge in [0, 0.05) is 30.6 Å². The van der Waals surface area contributed by atoms with Crippen molar-refractivity contribution in [2.24, 2.45) is 17.8 Å². The number of benzene rings is 2. The van der Waals surface area contributed by atoms with Crippen LogP contribution in [0.4, 0.5) is 4.79 Å². The number of hydrogen-bond acceptors (Lipinski definition) is 5. The number of carbonyl (C=O) groups is 1. The number of unbranched alkanes of at least 4 members (excludes halogenated alkanes) is 10. The number of nitrogens with zero attached hydrogens (tertiary/aromatic N) is 1. The molecular weight excluding hydrogens is 659 g/mol. The first-order chi connectivity index (χ1) is 25.9. The monoisotopic (exact) mass is 730 g/mol. The summed E-state index contributed by atoms with van der Waals surface area (Å²) in [5, 5.41) is 16.3. The van der Waals surface area contributed by atoms with E-state index in [1.54, 1.807) is 0 Å². The highest BCUT2D eigenvalue weighted by Crippen LogP contribution is 2.55. The summed E-state index contributed by atoms with van der Waals surface area (Å²) in [6, 6.07) is 16.6. The van der Waals surface area contributed by atoms with E-state index in [0.717, 1.165) is 85.3 Å². The number of amides is 2. The third kappa shape index (κ3) is 12.0. The van der Waals surface area contributed by atoms with Crippen LogP contribution in [0.2, 0.25) is 0 Å². The molecule has 4 aliphatic carbocycles. The average Bonchev–Trinajstić information content (AvgIpc) is 3.16. The molecule has 0 radical (unpaired) electrons. The molecule has 4 bridgehead atoms. The van der Waals surface area contributed by atoms with Crippen molar-refractivity contribution in [1.82, 2.24) is 15.5 Å². The molecule has 3 unspecified atom stereocenters. The van der Waals surface area contributed by atoms with Gasteiger partial charge in [-0.2, -0.15) is 0 Å². The molecule has 4 saturated carbocycles. The average molecular weight is 730 g/mol. The van der Waals surface area contributed by atoms with Crippen LogP contribution in [0.5, 0.6) is 0 Å². The number of carbonyl (C=O) groups excluding carboxylic acids is 1. The smallest absolute Gasteiger partial charge is 0.315 e. The van der Waals surface area contributed by atoms with Gasteiger partial charge < -0.3 is 30.1 Å². The van der Waals surface area contributed by atoms with Gasteiger partial charge in [-0.25, -0.2) is 4.79 Å². The number of ether oxygens (including phenoxy) is 2. The summed E-state index contributed by atoms with van der Waals surface area (Å²) in [6.45, 7) is 8.27. The lowest BCUT2D eigenvalue weighted by atomic mass is 9.53. The molecule has 2 aromatic rings. The van der Waals surface area contributed by atoms with E-state index in [0.29, 0.717) is 6.54 Å². The first kappa shape index (κ1) is 40.2. The van der Waals surface area contributed by atoms with Gasteiger partial charge in [0.2, 0.25) is 0 Å². The van der Waals surface area contributed by atoms with Crippen molar-refractivity contribution < 1.29 is 19.4 Å². The SMILES string of the molecule is CCCCCCCCN(CCCCCCCC)CC1CC(c2ccc(CO)cc2)OC(c2ccc(CNC(=O)NC34CC5CC(CC(C5)C3)C4)cc2)O1. The number of aliphatic hydroxyl groups excluding tert-OH is 1. The Morgan fingerprint density at radius 3 is 1.79 bits per heavy atom. The predicted octanol–water partition coefficient (Wildman–Crippen LogP) is 10.5. The molecule has 1 saturated heterocycles. The third-order valence-corrected chi connectivity index (χ3v) is 12.9. The molecule has 5 aliphatic rings. The number of rotatable bonds is 22. The first-order valence-electron chi connectivity index (χ1n) is 21.8. The molecule has 2 amide bonds. The van der Waals surface area contributed by atoms with Crippen LogP contribution >= 0.6 is 0 Å². The van der Waals surface area contributed by atoms with Crippen LogP contribution in [0.25, 0.3) is 0 Å². The van der Waals surface area contributed by atoms with E-state index in [4.69, 9.17) is 9.47 Å². The molecule has 53 heavy (non-hydrogen) atoms.